The number of rotatable bonds is 6. The highest BCUT2D eigenvalue weighted by Gasteiger charge is 2.30. The molecule has 0 heterocycles. The molecule has 4 N–H and O–H groups in total. The van der Waals surface area contributed by atoms with Gasteiger partial charge in [-0.05, 0) is 24.8 Å². The van der Waals surface area contributed by atoms with Crippen LogP contribution in [-0.4, -0.2) is 29.2 Å². The largest absolute Gasteiger partial charge is 0.480 e. The first-order valence-corrected chi connectivity index (χ1v) is 6.88. The third-order valence-corrected chi connectivity index (χ3v) is 3.88. The number of hydrogen-bond donors (Lipinski definition) is 3. The van der Waals surface area contributed by atoms with E-state index >= 15 is 0 Å². The number of hydrogen-bond acceptors (Lipinski definition) is 3. The number of carboxylic acids is 1. The van der Waals surface area contributed by atoms with Crippen molar-refractivity contribution in [1.82, 2.24) is 5.32 Å². The van der Waals surface area contributed by atoms with Gasteiger partial charge < -0.3 is 16.2 Å². The predicted molar refractivity (Wildman–Crippen MR) is 75.0 cm³/mol. The second-order valence-electron chi connectivity index (χ2n) is 5.53. The van der Waals surface area contributed by atoms with Crippen LogP contribution in [-0.2, 0) is 11.2 Å². The highest BCUT2D eigenvalue weighted by Crippen LogP contribution is 2.26. The van der Waals surface area contributed by atoms with E-state index in [4.69, 9.17) is 5.73 Å². The number of nitrogens with two attached hydrogens (primary N) is 1. The van der Waals surface area contributed by atoms with Crippen LogP contribution in [0.15, 0.2) is 30.3 Å². The molecule has 1 fully saturated rings. The maximum absolute atomic E-state index is 11.3. The lowest BCUT2D eigenvalue weighted by atomic mass is 9.98. The molecule has 0 bridgehead atoms. The number of carboxylic acid groups (broad SMARTS) is 1. The summed E-state index contributed by atoms with van der Waals surface area (Å²) in [6, 6.07) is 9.12. The molecular weight excluding hydrogens is 240 g/mol. The summed E-state index contributed by atoms with van der Waals surface area (Å²) in [4.78, 5) is 11.3. The van der Waals surface area contributed by atoms with Gasteiger partial charge in [0, 0.05) is 12.1 Å². The minimum absolute atomic E-state index is 0.218. The van der Waals surface area contributed by atoms with E-state index in [0.29, 0.717) is 13.0 Å². The average molecular weight is 262 g/mol. The van der Waals surface area contributed by atoms with Gasteiger partial charge in [-0.25, -0.2) is 0 Å². The first-order chi connectivity index (χ1) is 9.09. The molecule has 0 aromatic heterocycles. The standard InChI is InChI=1S/C15H22N2O2/c16-15(8-4-5-9-15)11-17-13(14(18)19)10-12-6-2-1-3-7-12/h1-3,6-7,13,17H,4-5,8-11,16H2,(H,18,19). The van der Waals surface area contributed by atoms with Crippen LogP contribution in [0.5, 0.6) is 0 Å². The molecule has 104 valence electrons. The fourth-order valence-corrected chi connectivity index (χ4v) is 2.68. The van der Waals surface area contributed by atoms with Crippen LogP contribution in [0.25, 0.3) is 0 Å². The fraction of sp³-hybridized carbons (Fsp3) is 0.533. The fourth-order valence-electron chi connectivity index (χ4n) is 2.68. The van der Waals surface area contributed by atoms with Gasteiger partial charge in [0.25, 0.3) is 0 Å². The maximum Gasteiger partial charge on any atom is 0.321 e. The lowest BCUT2D eigenvalue weighted by Crippen LogP contribution is -2.51. The molecule has 1 aromatic carbocycles. The molecule has 2 rings (SSSR count). The number of carbonyl (C=O) groups is 1. The summed E-state index contributed by atoms with van der Waals surface area (Å²) in [5.41, 5.74) is 7.06. The Kier molecular flexibility index (Phi) is 4.56. The second kappa shape index (κ2) is 6.17. The summed E-state index contributed by atoms with van der Waals surface area (Å²) >= 11 is 0. The zero-order chi connectivity index (χ0) is 13.7. The first-order valence-electron chi connectivity index (χ1n) is 6.88. The third kappa shape index (κ3) is 4.04. The zero-order valence-electron chi connectivity index (χ0n) is 11.1. The molecule has 0 radical (unpaired) electrons. The van der Waals surface area contributed by atoms with Gasteiger partial charge in [0.1, 0.15) is 6.04 Å². The van der Waals surface area contributed by atoms with Gasteiger partial charge in [-0.2, -0.15) is 0 Å². The Labute approximate surface area is 114 Å². The van der Waals surface area contributed by atoms with E-state index in [1.807, 2.05) is 30.3 Å². The van der Waals surface area contributed by atoms with Crippen molar-refractivity contribution in [2.45, 2.75) is 43.7 Å². The molecule has 4 nitrogen and oxygen atoms in total. The SMILES string of the molecule is NC1(CNC(Cc2ccccc2)C(=O)O)CCCC1. The van der Waals surface area contributed by atoms with Crippen molar-refractivity contribution in [1.29, 1.82) is 0 Å². The predicted octanol–water partition coefficient (Wildman–Crippen LogP) is 1.54. The van der Waals surface area contributed by atoms with E-state index in [1.54, 1.807) is 0 Å². The van der Waals surface area contributed by atoms with Crippen molar-refractivity contribution in [3.63, 3.8) is 0 Å². The van der Waals surface area contributed by atoms with Crippen molar-refractivity contribution in [2.24, 2.45) is 5.73 Å². The van der Waals surface area contributed by atoms with Gasteiger partial charge in [-0.15, -0.1) is 0 Å². The van der Waals surface area contributed by atoms with Crippen LogP contribution in [0.3, 0.4) is 0 Å². The van der Waals surface area contributed by atoms with Gasteiger partial charge in [0.2, 0.25) is 0 Å². The van der Waals surface area contributed by atoms with Crippen molar-refractivity contribution >= 4 is 5.97 Å². The van der Waals surface area contributed by atoms with Crippen molar-refractivity contribution < 1.29 is 9.90 Å². The van der Waals surface area contributed by atoms with Crippen LogP contribution < -0.4 is 11.1 Å². The molecule has 1 atom stereocenters. The summed E-state index contributed by atoms with van der Waals surface area (Å²) in [5, 5.41) is 12.4. The van der Waals surface area contributed by atoms with Crippen molar-refractivity contribution in [3.05, 3.63) is 35.9 Å². The summed E-state index contributed by atoms with van der Waals surface area (Å²) in [6.07, 6.45) is 4.75. The number of benzene rings is 1. The molecule has 1 unspecified atom stereocenters. The van der Waals surface area contributed by atoms with Crippen LogP contribution >= 0.6 is 0 Å². The monoisotopic (exact) mass is 262 g/mol. The van der Waals surface area contributed by atoms with Crippen molar-refractivity contribution in [2.75, 3.05) is 6.54 Å². The maximum atomic E-state index is 11.3. The van der Waals surface area contributed by atoms with Crippen molar-refractivity contribution in [3.8, 4) is 0 Å². The van der Waals surface area contributed by atoms with Gasteiger partial charge in [-0.3, -0.25) is 4.79 Å². The zero-order valence-corrected chi connectivity index (χ0v) is 11.1. The lowest BCUT2D eigenvalue weighted by molar-refractivity contribution is -0.139. The topological polar surface area (TPSA) is 75.3 Å². The Morgan fingerprint density at radius 2 is 1.95 bits per heavy atom. The summed E-state index contributed by atoms with van der Waals surface area (Å²) in [7, 11) is 0. The number of nitrogens with one attached hydrogen (secondary N) is 1. The molecule has 1 aliphatic carbocycles. The Bertz CT molecular complexity index is 413. The molecule has 1 aliphatic rings. The Balaban J connectivity index is 1.91. The van der Waals surface area contributed by atoms with E-state index in [9.17, 15) is 9.90 Å². The third-order valence-electron chi connectivity index (χ3n) is 3.88. The Morgan fingerprint density at radius 3 is 2.53 bits per heavy atom. The quantitative estimate of drug-likeness (QED) is 0.727. The van der Waals surface area contributed by atoms with E-state index in [2.05, 4.69) is 5.32 Å². The normalized spacial score (nSPS) is 19.2. The van der Waals surface area contributed by atoms with Crippen LogP contribution in [0.1, 0.15) is 31.2 Å². The Morgan fingerprint density at radius 1 is 1.32 bits per heavy atom. The Hall–Kier alpha value is -1.39. The molecule has 19 heavy (non-hydrogen) atoms. The molecular formula is C15H22N2O2. The van der Waals surface area contributed by atoms with Gasteiger partial charge in [0.15, 0.2) is 0 Å². The van der Waals surface area contributed by atoms with Gasteiger partial charge in [-0.1, -0.05) is 43.2 Å². The minimum Gasteiger partial charge on any atom is -0.480 e. The highest BCUT2D eigenvalue weighted by atomic mass is 16.4. The lowest BCUT2D eigenvalue weighted by Gasteiger charge is -2.26. The van der Waals surface area contributed by atoms with E-state index in [0.717, 1.165) is 31.2 Å². The van der Waals surface area contributed by atoms with Crippen LogP contribution in [0, 0.1) is 0 Å². The van der Waals surface area contributed by atoms with Gasteiger partial charge >= 0.3 is 5.97 Å². The van der Waals surface area contributed by atoms with E-state index in [1.165, 1.54) is 0 Å². The molecule has 1 aromatic rings. The second-order valence-corrected chi connectivity index (χ2v) is 5.53. The average Bonchev–Trinajstić information content (AvgIpc) is 2.83. The molecule has 0 aliphatic heterocycles. The van der Waals surface area contributed by atoms with Crippen LogP contribution in [0.2, 0.25) is 0 Å². The molecule has 4 heteroatoms. The van der Waals surface area contributed by atoms with E-state index in [-0.39, 0.29) is 5.54 Å². The summed E-state index contributed by atoms with van der Waals surface area (Å²) in [5.74, 6) is -0.814. The summed E-state index contributed by atoms with van der Waals surface area (Å²) < 4.78 is 0. The van der Waals surface area contributed by atoms with E-state index < -0.39 is 12.0 Å². The molecule has 0 saturated heterocycles. The summed E-state index contributed by atoms with van der Waals surface area (Å²) in [6.45, 7) is 0.580. The minimum atomic E-state index is -0.814. The first kappa shape index (κ1) is 14.0. The van der Waals surface area contributed by atoms with Crippen LogP contribution in [0.4, 0.5) is 0 Å². The smallest absolute Gasteiger partial charge is 0.321 e. The number of aliphatic carboxylic acids is 1. The molecule has 0 amide bonds. The van der Waals surface area contributed by atoms with Gasteiger partial charge in [0.05, 0.1) is 0 Å². The molecule has 1 saturated carbocycles. The molecule has 0 spiro atoms. The highest BCUT2D eigenvalue weighted by molar-refractivity contribution is 5.73.